The number of rotatable bonds is 6. The molecular weight excluding hydrogens is 277 g/mol. The summed E-state index contributed by atoms with van der Waals surface area (Å²) in [6.45, 7) is 4.47. The predicted octanol–water partition coefficient (Wildman–Crippen LogP) is 3.94. The largest absolute Gasteiger partial charge is 0.383 e. The topological polar surface area (TPSA) is 21.3 Å². The van der Waals surface area contributed by atoms with Crippen LogP contribution in [-0.2, 0) is 4.74 Å². The fraction of sp³-hybridized carbons (Fsp3) is 0.455. The summed E-state index contributed by atoms with van der Waals surface area (Å²) in [6.07, 6.45) is 1.06. The van der Waals surface area contributed by atoms with Gasteiger partial charge in [0.1, 0.15) is 0 Å². The smallest absolute Gasteiger partial charge is 0.0639 e. The zero-order valence-electron chi connectivity index (χ0n) is 8.72. The number of hydrogen-bond acceptors (Lipinski definition) is 2. The van der Waals surface area contributed by atoms with Crippen LogP contribution in [0.4, 0.5) is 5.69 Å². The maximum Gasteiger partial charge on any atom is 0.0639 e. The summed E-state index contributed by atoms with van der Waals surface area (Å²) >= 11 is 9.26. The van der Waals surface area contributed by atoms with E-state index in [0.29, 0.717) is 0 Å². The Morgan fingerprint density at radius 2 is 2.20 bits per heavy atom. The van der Waals surface area contributed by atoms with Crippen molar-refractivity contribution < 1.29 is 4.74 Å². The summed E-state index contributed by atoms with van der Waals surface area (Å²) in [5.41, 5.74) is 1.05. The molecule has 0 spiro atoms. The van der Waals surface area contributed by atoms with Crippen molar-refractivity contribution >= 4 is 33.2 Å². The zero-order valence-corrected chi connectivity index (χ0v) is 11.1. The average molecular weight is 293 g/mol. The van der Waals surface area contributed by atoms with Gasteiger partial charge in [0.05, 0.1) is 11.6 Å². The Morgan fingerprint density at radius 1 is 1.40 bits per heavy atom. The summed E-state index contributed by atoms with van der Waals surface area (Å²) in [6, 6.07) is 5.77. The van der Waals surface area contributed by atoms with Gasteiger partial charge in [-0.3, -0.25) is 0 Å². The number of hydrogen-bond donors (Lipinski definition) is 1. The van der Waals surface area contributed by atoms with Gasteiger partial charge in [-0.2, -0.15) is 0 Å². The minimum absolute atomic E-state index is 0.725. The fourth-order valence-electron chi connectivity index (χ4n) is 1.12. The lowest BCUT2D eigenvalue weighted by Crippen LogP contribution is -2.09. The maximum atomic E-state index is 5.88. The molecule has 0 amide bonds. The van der Waals surface area contributed by atoms with Gasteiger partial charge in [0.2, 0.25) is 0 Å². The molecule has 4 heteroatoms. The number of benzene rings is 1. The standard InChI is InChI=1S/C11H15BrClNO/c1-2-6-15-7-5-14-9-3-4-11(13)10(12)8-9/h3-4,8,14H,2,5-7H2,1H3. The number of halogens is 2. The van der Waals surface area contributed by atoms with Gasteiger partial charge in [-0.15, -0.1) is 0 Å². The minimum atomic E-state index is 0.725. The van der Waals surface area contributed by atoms with Crippen molar-refractivity contribution in [3.63, 3.8) is 0 Å². The molecule has 0 aromatic heterocycles. The third-order valence-electron chi connectivity index (χ3n) is 1.84. The molecule has 0 unspecified atom stereocenters. The van der Waals surface area contributed by atoms with Crippen LogP contribution in [0.15, 0.2) is 22.7 Å². The van der Waals surface area contributed by atoms with E-state index in [1.807, 2.05) is 18.2 Å². The normalized spacial score (nSPS) is 10.3. The van der Waals surface area contributed by atoms with Gasteiger partial charge in [-0.25, -0.2) is 0 Å². The second-order valence-corrected chi connectivity index (χ2v) is 4.43. The Balaban J connectivity index is 2.28. The minimum Gasteiger partial charge on any atom is -0.383 e. The van der Waals surface area contributed by atoms with Crippen LogP contribution in [0.2, 0.25) is 5.02 Å². The van der Waals surface area contributed by atoms with E-state index in [2.05, 4.69) is 28.2 Å². The summed E-state index contributed by atoms with van der Waals surface area (Å²) < 4.78 is 6.26. The average Bonchev–Trinajstić information content (AvgIpc) is 2.23. The molecule has 0 aliphatic heterocycles. The quantitative estimate of drug-likeness (QED) is 0.802. The van der Waals surface area contributed by atoms with E-state index in [1.165, 1.54) is 0 Å². The van der Waals surface area contributed by atoms with E-state index in [1.54, 1.807) is 0 Å². The zero-order chi connectivity index (χ0) is 11.1. The van der Waals surface area contributed by atoms with Gasteiger partial charge in [-0.1, -0.05) is 18.5 Å². The van der Waals surface area contributed by atoms with E-state index in [4.69, 9.17) is 16.3 Å². The van der Waals surface area contributed by atoms with Crippen molar-refractivity contribution in [1.82, 2.24) is 0 Å². The first-order chi connectivity index (χ1) is 7.24. The number of ether oxygens (including phenoxy) is 1. The fourth-order valence-corrected chi connectivity index (χ4v) is 1.62. The van der Waals surface area contributed by atoms with E-state index in [-0.39, 0.29) is 0 Å². The first-order valence-corrected chi connectivity index (χ1v) is 6.17. The monoisotopic (exact) mass is 291 g/mol. The molecule has 0 saturated heterocycles. The third-order valence-corrected chi connectivity index (χ3v) is 3.06. The molecule has 0 saturated carbocycles. The Bertz CT molecular complexity index is 307. The molecule has 1 aromatic carbocycles. The number of anilines is 1. The van der Waals surface area contributed by atoms with Crippen LogP contribution in [0, 0.1) is 0 Å². The summed E-state index contributed by atoms with van der Waals surface area (Å²) in [4.78, 5) is 0. The maximum absolute atomic E-state index is 5.88. The second-order valence-electron chi connectivity index (χ2n) is 3.17. The van der Waals surface area contributed by atoms with Crippen molar-refractivity contribution in [3.05, 3.63) is 27.7 Å². The molecular formula is C11H15BrClNO. The first kappa shape index (κ1) is 12.8. The van der Waals surface area contributed by atoms with Crippen molar-refractivity contribution in [2.45, 2.75) is 13.3 Å². The molecule has 0 aliphatic carbocycles. The SMILES string of the molecule is CCCOCCNc1ccc(Cl)c(Br)c1. The summed E-state index contributed by atoms with van der Waals surface area (Å²) in [7, 11) is 0. The highest BCUT2D eigenvalue weighted by atomic mass is 79.9. The lowest BCUT2D eigenvalue weighted by Gasteiger charge is -2.07. The molecule has 0 bridgehead atoms. The highest BCUT2D eigenvalue weighted by molar-refractivity contribution is 9.10. The van der Waals surface area contributed by atoms with Gasteiger partial charge in [0.15, 0.2) is 0 Å². The highest BCUT2D eigenvalue weighted by Gasteiger charge is 1.97. The van der Waals surface area contributed by atoms with Crippen LogP contribution in [-0.4, -0.2) is 19.8 Å². The molecule has 0 radical (unpaired) electrons. The van der Waals surface area contributed by atoms with Crippen LogP contribution in [0.5, 0.6) is 0 Å². The van der Waals surface area contributed by atoms with Crippen molar-refractivity contribution in [2.24, 2.45) is 0 Å². The number of nitrogens with one attached hydrogen (secondary N) is 1. The van der Waals surface area contributed by atoms with Gasteiger partial charge in [-0.05, 0) is 40.5 Å². The van der Waals surface area contributed by atoms with Crippen molar-refractivity contribution in [1.29, 1.82) is 0 Å². The lowest BCUT2D eigenvalue weighted by molar-refractivity contribution is 0.144. The van der Waals surface area contributed by atoms with Gasteiger partial charge >= 0.3 is 0 Å². The second kappa shape index (κ2) is 7.09. The molecule has 1 rings (SSSR count). The molecule has 0 aliphatic rings. The lowest BCUT2D eigenvalue weighted by atomic mass is 10.3. The molecule has 0 atom stereocenters. The Labute approximate surface area is 104 Å². The molecule has 0 fully saturated rings. The molecule has 84 valence electrons. The van der Waals surface area contributed by atoms with E-state index in [0.717, 1.165) is 41.4 Å². The molecule has 2 nitrogen and oxygen atoms in total. The van der Waals surface area contributed by atoms with E-state index in [9.17, 15) is 0 Å². The van der Waals surface area contributed by atoms with Crippen LogP contribution in [0.1, 0.15) is 13.3 Å². The van der Waals surface area contributed by atoms with E-state index < -0.39 is 0 Å². The van der Waals surface area contributed by atoms with Crippen LogP contribution < -0.4 is 5.32 Å². The third kappa shape index (κ3) is 4.87. The summed E-state index contributed by atoms with van der Waals surface area (Å²) in [5, 5.41) is 3.98. The molecule has 15 heavy (non-hydrogen) atoms. The first-order valence-electron chi connectivity index (χ1n) is 5.00. The van der Waals surface area contributed by atoms with Gasteiger partial charge in [0, 0.05) is 23.3 Å². The Kier molecular flexibility index (Phi) is 6.06. The molecule has 0 heterocycles. The van der Waals surface area contributed by atoms with Crippen molar-refractivity contribution in [3.8, 4) is 0 Å². The highest BCUT2D eigenvalue weighted by Crippen LogP contribution is 2.25. The molecule has 1 aromatic rings. The Morgan fingerprint density at radius 3 is 2.87 bits per heavy atom. The van der Waals surface area contributed by atoms with Crippen LogP contribution in [0.3, 0.4) is 0 Å². The van der Waals surface area contributed by atoms with Crippen LogP contribution in [0.25, 0.3) is 0 Å². The van der Waals surface area contributed by atoms with Gasteiger partial charge in [0.25, 0.3) is 0 Å². The van der Waals surface area contributed by atoms with Crippen LogP contribution >= 0.6 is 27.5 Å². The van der Waals surface area contributed by atoms with Crippen molar-refractivity contribution in [2.75, 3.05) is 25.1 Å². The predicted molar refractivity (Wildman–Crippen MR) is 68.8 cm³/mol. The Hall–Kier alpha value is -0.250. The molecule has 1 N–H and O–H groups in total. The summed E-state index contributed by atoms with van der Waals surface area (Å²) in [5.74, 6) is 0. The van der Waals surface area contributed by atoms with Gasteiger partial charge < -0.3 is 10.1 Å². The van der Waals surface area contributed by atoms with E-state index >= 15 is 0 Å².